The third kappa shape index (κ3) is 1.83. The van der Waals surface area contributed by atoms with Crippen molar-refractivity contribution in [2.75, 3.05) is 5.01 Å². The molecule has 0 bridgehead atoms. The van der Waals surface area contributed by atoms with Crippen molar-refractivity contribution in [1.29, 1.82) is 0 Å². The lowest BCUT2D eigenvalue weighted by atomic mass is 9.75. The predicted octanol–water partition coefficient (Wildman–Crippen LogP) is 1.95. The zero-order chi connectivity index (χ0) is 13.5. The first-order valence-electron chi connectivity index (χ1n) is 7.45. The maximum atomic E-state index is 12.3. The molecule has 4 rings (SSSR count). The Labute approximate surface area is 118 Å². The van der Waals surface area contributed by atoms with Crippen molar-refractivity contribution in [2.45, 2.75) is 37.8 Å². The summed E-state index contributed by atoms with van der Waals surface area (Å²) < 4.78 is 0. The highest BCUT2D eigenvalue weighted by atomic mass is 16.2. The van der Waals surface area contributed by atoms with E-state index in [4.69, 9.17) is 0 Å². The number of rotatable bonds is 1. The SMILES string of the molecule is O=C1NC2CCCCC2C2=CN(c3ccccc3)NC12. The minimum absolute atomic E-state index is 0.123. The second-order valence-electron chi connectivity index (χ2n) is 5.90. The summed E-state index contributed by atoms with van der Waals surface area (Å²) in [4.78, 5) is 12.3. The van der Waals surface area contributed by atoms with Crippen LogP contribution >= 0.6 is 0 Å². The molecular weight excluding hydrogens is 250 g/mol. The van der Waals surface area contributed by atoms with Gasteiger partial charge in [-0.15, -0.1) is 0 Å². The van der Waals surface area contributed by atoms with E-state index in [9.17, 15) is 4.79 Å². The molecule has 2 fully saturated rings. The molecule has 2 aliphatic heterocycles. The van der Waals surface area contributed by atoms with E-state index in [-0.39, 0.29) is 11.9 Å². The van der Waals surface area contributed by atoms with Crippen LogP contribution in [-0.2, 0) is 4.79 Å². The first kappa shape index (κ1) is 12.0. The monoisotopic (exact) mass is 269 g/mol. The molecule has 3 unspecified atom stereocenters. The fourth-order valence-electron chi connectivity index (χ4n) is 3.70. The minimum Gasteiger partial charge on any atom is -0.351 e. The van der Waals surface area contributed by atoms with Crippen molar-refractivity contribution in [1.82, 2.24) is 10.7 Å². The molecule has 2 N–H and O–H groups in total. The smallest absolute Gasteiger partial charge is 0.243 e. The number of benzene rings is 1. The molecule has 1 saturated carbocycles. The molecule has 1 saturated heterocycles. The molecular formula is C16H19N3O. The van der Waals surface area contributed by atoms with Gasteiger partial charge in [-0.3, -0.25) is 9.80 Å². The van der Waals surface area contributed by atoms with Crippen molar-refractivity contribution >= 4 is 11.6 Å². The minimum atomic E-state index is -0.186. The summed E-state index contributed by atoms with van der Waals surface area (Å²) in [5.74, 6) is 0.630. The van der Waals surface area contributed by atoms with Gasteiger partial charge in [0.05, 0.1) is 5.69 Å². The molecule has 4 heteroatoms. The Morgan fingerprint density at radius 1 is 1.10 bits per heavy atom. The van der Waals surface area contributed by atoms with Gasteiger partial charge in [0, 0.05) is 18.2 Å². The van der Waals surface area contributed by atoms with E-state index < -0.39 is 0 Å². The predicted molar refractivity (Wildman–Crippen MR) is 77.8 cm³/mol. The van der Waals surface area contributed by atoms with Crippen LogP contribution in [0.25, 0.3) is 0 Å². The zero-order valence-corrected chi connectivity index (χ0v) is 11.4. The third-order valence-corrected chi connectivity index (χ3v) is 4.70. The summed E-state index contributed by atoms with van der Waals surface area (Å²) in [6.07, 6.45) is 6.95. The lowest BCUT2D eigenvalue weighted by Gasteiger charge is -2.39. The molecule has 20 heavy (non-hydrogen) atoms. The van der Waals surface area contributed by atoms with Gasteiger partial charge in [-0.25, -0.2) is 5.43 Å². The Morgan fingerprint density at radius 2 is 1.90 bits per heavy atom. The Bertz CT molecular complexity index is 554. The Balaban J connectivity index is 1.66. The van der Waals surface area contributed by atoms with Crippen LogP contribution in [0.5, 0.6) is 0 Å². The maximum Gasteiger partial charge on any atom is 0.243 e. The second-order valence-corrected chi connectivity index (χ2v) is 5.90. The van der Waals surface area contributed by atoms with Crippen LogP contribution < -0.4 is 15.8 Å². The van der Waals surface area contributed by atoms with Gasteiger partial charge in [0.15, 0.2) is 0 Å². The summed E-state index contributed by atoms with van der Waals surface area (Å²) in [6, 6.07) is 10.3. The van der Waals surface area contributed by atoms with Gasteiger partial charge in [-0.2, -0.15) is 0 Å². The number of carbonyl (C=O) groups excluding carboxylic acids is 1. The number of anilines is 1. The topological polar surface area (TPSA) is 44.4 Å². The van der Waals surface area contributed by atoms with E-state index in [1.54, 1.807) is 0 Å². The standard InChI is InChI=1S/C16H19N3O/c20-16-15-13(12-8-4-5-9-14(12)17-16)10-19(18-15)11-6-2-1-3-7-11/h1-3,6-7,10,12,14-15,18H,4-5,8-9H2,(H,17,20). The molecule has 0 aromatic heterocycles. The zero-order valence-electron chi connectivity index (χ0n) is 11.4. The fourth-order valence-corrected chi connectivity index (χ4v) is 3.70. The van der Waals surface area contributed by atoms with Gasteiger partial charge in [-0.05, 0) is 30.5 Å². The van der Waals surface area contributed by atoms with E-state index in [0.717, 1.165) is 12.1 Å². The number of hydrazine groups is 1. The first-order chi connectivity index (χ1) is 9.83. The number of nitrogens with one attached hydrogen (secondary N) is 2. The molecule has 1 amide bonds. The van der Waals surface area contributed by atoms with Gasteiger partial charge in [0.1, 0.15) is 6.04 Å². The van der Waals surface area contributed by atoms with Gasteiger partial charge in [0.25, 0.3) is 0 Å². The average molecular weight is 269 g/mol. The molecule has 0 radical (unpaired) electrons. The second kappa shape index (κ2) is 4.63. The summed E-state index contributed by atoms with van der Waals surface area (Å²) in [7, 11) is 0. The number of piperidine rings is 1. The van der Waals surface area contributed by atoms with Gasteiger partial charge in [-0.1, -0.05) is 31.0 Å². The quantitative estimate of drug-likeness (QED) is 0.819. The van der Waals surface area contributed by atoms with Gasteiger partial charge >= 0.3 is 0 Å². The van der Waals surface area contributed by atoms with Crippen molar-refractivity contribution in [3.8, 4) is 0 Å². The molecule has 104 valence electrons. The van der Waals surface area contributed by atoms with Gasteiger partial charge in [0.2, 0.25) is 5.91 Å². The van der Waals surface area contributed by atoms with Crippen LogP contribution in [0.4, 0.5) is 5.69 Å². The highest BCUT2D eigenvalue weighted by molar-refractivity contribution is 5.88. The first-order valence-corrected chi connectivity index (χ1v) is 7.45. The summed E-state index contributed by atoms with van der Waals surface area (Å²) in [5, 5.41) is 5.19. The summed E-state index contributed by atoms with van der Waals surface area (Å²) >= 11 is 0. The molecule has 1 aliphatic carbocycles. The summed E-state index contributed by atoms with van der Waals surface area (Å²) in [5.41, 5.74) is 5.67. The van der Waals surface area contributed by atoms with Crippen molar-refractivity contribution in [3.63, 3.8) is 0 Å². The highest BCUT2D eigenvalue weighted by Crippen LogP contribution is 2.37. The highest BCUT2D eigenvalue weighted by Gasteiger charge is 2.44. The number of nitrogens with zero attached hydrogens (tertiary/aromatic N) is 1. The van der Waals surface area contributed by atoms with Crippen molar-refractivity contribution < 1.29 is 4.79 Å². The number of fused-ring (bicyclic) bond motifs is 3. The maximum absolute atomic E-state index is 12.3. The van der Waals surface area contributed by atoms with E-state index in [0.29, 0.717) is 12.0 Å². The van der Waals surface area contributed by atoms with E-state index in [1.165, 1.54) is 24.8 Å². The Kier molecular flexibility index (Phi) is 2.77. The lowest BCUT2D eigenvalue weighted by molar-refractivity contribution is -0.125. The van der Waals surface area contributed by atoms with Crippen LogP contribution in [0.3, 0.4) is 0 Å². The van der Waals surface area contributed by atoms with Crippen LogP contribution in [0.15, 0.2) is 42.1 Å². The van der Waals surface area contributed by atoms with Crippen molar-refractivity contribution in [2.24, 2.45) is 5.92 Å². The Morgan fingerprint density at radius 3 is 2.75 bits per heavy atom. The number of hydrogen-bond donors (Lipinski definition) is 2. The molecule has 4 nitrogen and oxygen atoms in total. The number of hydrogen-bond acceptors (Lipinski definition) is 3. The van der Waals surface area contributed by atoms with Crippen LogP contribution in [-0.4, -0.2) is 18.0 Å². The largest absolute Gasteiger partial charge is 0.351 e. The molecule has 3 aliphatic rings. The molecule has 3 atom stereocenters. The average Bonchev–Trinajstić information content (AvgIpc) is 2.94. The number of amides is 1. The number of para-hydroxylation sites is 1. The van der Waals surface area contributed by atoms with Crippen LogP contribution in [0.1, 0.15) is 25.7 Å². The van der Waals surface area contributed by atoms with Crippen molar-refractivity contribution in [3.05, 3.63) is 42.1 Å². The fraction of sp³-hybridized carbons (Fsp3) is 0.438. The number of carbonyl (C=O) groups is 1. The van der Waals surface area contributed by atoms with Crippen LogP contribution in [0.2, 0.25) is 0 Å². The lowest BCUT2D eigenvalue weighted by Crippen LogP contribution is -2.57. The third-order valence-electron chi connectivity index (χ3n) is 4.70. The van der Waals surface area contributed by atoms with E-state index >= 15 is 0 Å². The normalized spacial score (nSPS) is 32.2. The molecule has 1 aromatic carbocycles. The Hall–Kier alpha value is -1.81. The van der Waals surface area contributed by atoms with Gasteiger partial charge < -0.3 is 5.32 Å². The van der Waals surface area contributed by atoms with Crippen LogP contribution in [0, 0.1) is 5.92 Å². The molecule has 0 spiro atoms. The molecule has 1 aromatic rings. The molecule has 2 heterocycles. The summed E-state index contributed by atoms with van der Waals surface area (Å²) in [6.45, 7) is 0. The van der Waals surface area contributed by atoms with E-state index in [2.05, 4.69) is 29.1 Å². The van der Waals surface area contributed by atoms with E-state index in [1.807, 2.05) is 23.2 Å².